The van der Waals surface area contributed by atoms with Crippen molar-refractivity contribution in [1.29, 1.82) is 0 Å². The summed E-state index contributed by atoms with van der Waals surface area (Å²) in [6, 6.07) is 0. The number of rotatable bonds is 9. The summed E-state index contributed by atoms with van der Waals surface area (Å²) < 4.78 is 13.7. The van der Waals surface area contributed by atoms with Crippen LogP contribution in [0.4, 0.5) is 0 Å². The van der Waals surface area contributed by atoms with Crippen molar-refractivity contribution in [2.45, 2.75) is 38.6 Å². The zero-order valence-corrected chi connectivity index (χ0v) is 12.1. The van der Waals surface area contributed by atoms with Crippen LogP contribution in [-0.2, 0) is 33.4 Å². The summed E-state index contributed by atoms with van der Waals surface area (Å²) in [7, 11) is 0. The van der Waals surface area contributed by atoms with E-state index in [0.29, 0.717) is 0 Å². The number of hydrogen-bond acceptors (Lipinski definition) is 9. The van der Waals surface area contributed by atoms with Crippen LogP contribution >= 0.6 is 0 Å². The molecule has 0 bridgehead atoms. The van der Waals surface area contributed by atoms with Crippen LogP contribution in [0.1, 0.15) is 26.7 Å². The molecule has 1 atom stereocenters. The molecule has 0 radical (unpaired) electrons. The normalized spacial score (nSPS) is 13.1. The number of carbonyl (C=O) groups excluding carboxylic acids is 3. The van der Waals surface area contributed by atoms with Crippen LogP contribution in [0.3, 0.4) is 0 Å². The third-order valence-electron chi connectivity index (χ3n) is 2.25. The molecule has 0 saturated heterocycles. The average Bonchev–Trinajstić information content (AvgIpc) is 2.32. The van der Waals surface area contributed by atoms with Gasteiger partial charge >= 0.3 is 23.9 Å². The predicted molar refractivity (Wildman–Crippen MR) is 67.2 cm³/mol. The molecule has 126 valence electrons. The van der Waals surface area contributed by atoms with Gasteiger partial charge in [-0.2, -0.15) is 0 Å². The Morgan fingerprint density at radius 3 is 1.95 bits per heavy atom. The molecule has 0 aromatic rings. The molecule has 0 amide bonds. The lowest BCUT2D eigenvalue weighted by molar-refractivity contribution is -0.203. The predicted octanol–water partition coefficient (Wildman–Crippen LogP) is -1.43. The van der Waals surface area contributed by atoms with Gasteiger partial charge in [0.25, 0.3) is 6.29 Å². The van der Waals surface area contributed by atoms with Gasteiger partial charge in [-0.1, -0.05) is 0 Å². The van der Waals surface area contributed by atoms with Crippen molar-refractivity contribution >= 4 is 23.9 Å². The van der Waals surface area contributed by atoms with Gasteiger partial charge in [0, 0.05) is 13.8 Å². The van der Waals surface area contributed by atoms with Crippen LogP contribution in [-0.4, -0.2) is 64.3 Å². The Kier molecular flexibility index (Phi) is 8.05. The van der Waals surface area contributed by atoms with Gasteiger partial charge in [0.05, 0.1) is 19.4 Å². The number of esters is 3. The average molecular weight is 322 g/mol. The van der Waals surface area contributed by atoms with E-state index in [1.54, 1.807) is 0 Å². The third kappa shape index (κ3) is 7.55. The van der Waals surface area contributed by atoms with Crippen LogP contribution in [0.15, 0.2) is 0 Å². The van der Waals surface area contributed by atoms with Crippen molar-refractivity contribution in [3.05, 3.63) is 0 Å². The molecule has 0 aromatic carbocycles. The fraction of sp³-hybridized carbons (Fsp3) is 0.667. The van der Waals surface area contributed by atoms with E-state index in [2.05, 4.69) is 14.2 Å². The lowest BCUT2D eigenvalue weighted by Gasteiger charge is -2.27. The van der Waals surface area contributed by atoms with Crippen molar-refractivity contribution in [2.24, 2.45) is 0 Å². The van der Waals surface area contributed by atoms with E-state index in [9.17, 15) is 24.3 Å². The van der Waals surface area contributed by atoms with Crippen LogP contribution in [0.25, 0.3) is 0 Å². The first kappa shape index (κ1) is 19.8. The van der Waals surface area contributed by atoms with E-state index in [0.717, 1.165) is 13.8 Å². The highest BCUT2D eigenvalue weighted by Gasteiger charge is 2.44. The fourth-order valence-corrected chi connectivity index (χ4v) is 1.50. The summed E-state index contributed by atoms with van der Waals surface area (Å²) in [5.41, 5.74) is -2.60. The molecular weight excluding hydrogens is 304 g/mol. The number of aliphatic hydroxyl groups excluding tert-OH is 1. The van der Waals surface area contributed by atoms with Crippen LogP contribution in [0, 0.1) is 0 Å². The molecule has 10 heteroatoms. The van der Waals surface area contributed by atoms with Gasteiger partial charge in [-0.15, -0.1) is 0 Å². The molecule has 1 unspecified atom stereocenters. The number of carboxylic acid groups (broad SMARTS) is 1. The van der Waals surface area contributed by atoms with Crippen molar-refractivity contribution in [1.82, 2.24) is 0 Å². The smallest absolute Gasteiger partial charge is 0.339 e. The first-order valence-electron chi connectivity index (χ1n) is 6.17. The van der Waals surface area contributed by atoms with Gasteiger partial charge in [0.1, 0.15) is 6.61 Å². The maximum atomic E-state index is 11.7. The second-order valence-electron chi connectivity index (χ2n) is 4.31. The SMILES string of the molecule is CC(=O)OC(CC(O)(CC(=O)O)C(=O)OCCO)OC(C)=O. The molecule has 0 aromatic heterocycles. The van der Waals surface area contributed by atoms with Crippen LogP contribution < -0.4 is 0 Å². The van der Waals surface area contributed by atoms with Gasteiger partial charge in [0.2, 0.25) is 0 Å². The Morgan fingerprint density at radius 2 is 1.59 bits per heavy atom. The third-order valence-corrected chi connectivity index (χ3v) is 2.25. The Labute approximate surface area is 125 Å². The lowest BCUT2D eigenvalue weighted by Crippen LogP contribution is -2.46. The molecule has 0 aliphatic rings. The van der Waals surface area contributed by atoms with Crippen LogP contribution in [0.5, 0.6) is 0 Å². The van der Waals surface area contributed by atoms with E-state index in [1.807, 2.05) is 0 Å². The summed E-state index contributed by atoms with van der Waals surface area (Å²) >= 11 is 0. The second-order valence-corrected chi connectivity index (χ2v) is 4.31. The van der Waals surface area contributed by atoms with Gasteiger partial charge in [-0.25, -0.2) is 4.79 Å². The monoisotopic (exact) mass is 322 g/mol. The van der Waals surface area contributed by atoms with Crippen molar-refractivity contribution in [2.75, 3.05) is 13.2 Å². The number of carbonyl (C=O) groups is 4. The molecule has 0 aliphatic heterocycles. The molecular formula is C12H18O10. The summed E-state index contributed by atoms with van der Waals surface area (Å²) in [5, 5.41) is 27.5. The van der Waals surface area contributed by atoms with E-state index in [1.165, 1.54) is 0 Å². The molecule has 3 N–H and O–H groups in total. The van der Waals surface area contributed by atoms with Gasteiger partial charge in [0.15, 0.2) is 5.60 Å². The molecule has 0 rings (SSSR count). The molecule has 0 fully saturated rings. The van der Waals surface area contributed by atoms with Gasteiger partial charge < -0.3 is 29.5 Å². The fourth-order valence-electron chi connectivity index (χ4n) is 1.50. The first-order valence-corrected chi connectivity index (χ1v) is 6.17. The Hall–Kier alpha value is -2.20. The molecule has 0 heterocycles. The topological polar surface area (TPSA) is 157 Å². The second kappa shape index (κ2) is 8.95. The minimum atomic E-state index is -2.60. The number of ether oxygens (including phenoxy) is 3. The zero-order chi connectivity index (χ0) is 17.3. The highest BCUT2D eigenvalue weighted by molar-refractivity contribution is 5.85. The van der Waals surface area contributed by atoms with E-state index in [4.69, 9.17) is 10.2 Å². The van der Waals surface area contributed by atoms with Crippen molar-refractivity contribution in [3.8, 4) is 0 Å². The summed E-state index contributed by atoms with van der Waals surface area (Å²) in [6.45, 7) is 0.992. The highest BCUT2D eigenvalue weighted by Crippen LogP contribution is 2.22. The number of carboxylic acids is 1. The van der Waals surface area contributed by atoms with Gasteiger partial charge in [-0.05, 0) is 0 Å². The van der Waals surface area contributed by atoms with E-state index >= 15 is 0 Å². The quantitative estimate of drug-likeness (QED) is 0.339. The molecule has 0 spiro atoms. The maximum Gasteiger partial charge on any atom is 0.339 e. The molecule has 0 saturated carbocycles. The molecule has 22 heavy (non-hydrogen) atoms. The van der Waals surface area contributed by atoms with Crippen molar-refractivity contribution in [3.63, 3.8) is 0 Å². The Morgan fingerprint density at radius 1 is 1.09 bits per heavy atom. The molecule has 0 aliphatic carbocycles. The summed E-state index contributed by atoms with van der Waals surface area (Å²) in [4.78, 5) is 44.4. The first-order chi connectivity index (χ1) is 10.1. The minimum Gasteiger partial charge on any atom is -0.481 e. The summed E-state index contributed by atoms with van der Waals surface area (Å²) in [6.07, 6.45) is -3.57. The standard InChI is InChI=1S/C12H18O10/c1-7(14)21-10(22-8(2)15)6-12(19,5-9(16)17)11(18)20-4-3-13/h10,13,19H,3-6H2,1-2H3,(H,16,17). The van der Waals surface area contributed by atoms with E-state index in [-0.39, 0.29) is 0 Å². The lowest BCUT2D eigenvalue weighted by atomic mass is 9.95. The Balaban J connectivity index is 5.19. The zero-order valence-electron chi connectivity index (χ0n) is 12.1. The number of aliphatic hydroxyl groups is 2. The molecule has 10 nitrogen and oxygen atoms in total. The number of hydrogen-bond donors (Lipinski definition) is 3. The van der Waals surface area contributed by atoms with Gasteiger partial charge in [-0.3, -0.25) is 14.4 Å². The van der Waals surface area contributed by atoms with E-state index < -0.39 is 61.8 Å². The van der Waals surface area contributed by atoms with Crippen molar-refractivity contribution < 1.29 is 48.7 Å². The summed E-state index contributed by atoms with van der Waals surface area (Å²) in [5.74, 6) is -4.62. The highest BCUT2D eigenvalue weighted by atomic mass is 16.7. The van der Waals surface area contributed by atoms with Crippen LogP contribution in [0.2, 0.25) is 0 Å². The Bertz CT molecular complexity index is 416. The largest absolute Gasteiger partial charge is 0.481 e. The number of aliphatic carboxylic acids is 1. The minimum absolute atomic E-state index is 0.466. The maximum absolute atomic E-state index is 11.7.